The number of carbonyl (C=O) groups is 4. The van der Waals surface area contributed by atoms with Crippen LogP contribution in [0.3, 0.4) is 0 Å². The molecule has 4 amide bonds. The fourth-order valence-electron chi connectivity index (χ4n) is 13.9. The van der Waals surface area contributed by atoms with Crippen LogP contribution < -0.4 is 20.3 Å². The average Bonchev–Trinajstić information content (AvgIpc) is 1.65. The number of ether oxygens (including phenoxy) is 3. The second-order valence-electron chi connectivity index (χ2n) is 29.2. The number of aryl methyl sites for hydroxylation is 1. The summed E-state index contributed by atoms with van der Waals surface area (Å²) in [7, 11) is 0. The molecule has 21 nitrogen and oxygen atoms in total. The van der Waals surface area contributed by atoms with Gasteiger partial charge in [0.15, 0.2) is 5.82 Å². The maximum absolute atomic E-state index is 18.0. The number of hydrogen-bond acceptors (Lipinski definition) is 18. The van der Waals surface area contributed by atoms with Gasteiger partial charge in [0.05, 0.1) is 60.7 Å². The molecule has 28 heteroatoms. The number of hydrogen-bond donors (Lipinski definition) is 3. The van der Waals surface area contributed by atoms with Gasteiger partial charge in [0, 0.05) is 68.1 Å². The Bertz CT molecular complexity index is 4200. The number of aromatic nitrogens is 6. The van der Waals surface area contributed by atoms with Gasteiger partial charge in [-0.1, -0.05) is 67.9 Å². The molecule has 2 bridgehead atoms. The van der Waals surface area contributed by atoms with Crippen LogP contribution >= 0.6 is 34.3 Å². The molecular formula is C68H78ClF4N13O8S2. The van der Waals surface area contributed by atoms with E-state index in [-0.39, 0.29) is 122 Å². The summed E-state index contributed by atoms with van der Waals surface area (Å²) < 4.78 is 84.7. The second kappa shape index (κ2) is 25.9. The van der Waals surface area contributed by atoms with Gasteiger partial charge in [-0.3, -0.25) is 19.8 Å². The first-order chi connectivity index (χ1) is 45.3. The van der Waals surface area contributed by atoms with Gasteiger partial charge in [-0.25, -0.2) is 36.8 Å². The van der Waals surface area contributed by atoms with Crippen LogP contribution in [-0.4, -0.2) is 161 Å². The Morgan fingerprint density at radius 3 is 2.24 bits per heavy atom. The Hall–Kier alpha value is -7.77. The van der Waals surface area contributed by atoms with Crippen molar-refractivity contribution >= 4 is 90.1 Å². The van der Waals surface area contributed by atoms with Crippen molar-refractivity contribution in [2.45, 2.75) is 168 Å². The highest BCUT2D eigenvalue weighted by molar-refractivity contribution is 7.23. The monoisotopic (exact) mass is 1380 g/mol. The molecule has 4 aliphatic heterocycles. The summed E-state index contributed by atoms with van der Waals surface area (Å²) in [6.45, 7) is 19.1. The first kappa shape index (κ1) is 68.2. The van der Waals surface area contributed by atoms with Crippen LogP contribution in [-0.2, 0) is 32.0 Å². The van der Waals surface area contributed by atoms with Crippen molar-refractivity contribution < 1.29 is 56.1 Å². The van der Waals surface area contributed by atoms with Crippen molar-refractivity contribution in [1.82, 2.24) is 50.0 Å². The maximum Gasteiger partial charge on any atom is 0.412 e. The lowest BCUT2D eigenvalue weighted by Crippen LogP contribution is -2.57. The van der Waals surface area contributed by atoms with Crippen molar-refractivity contribution in [3.8, 4) is 33.6 Å². The first-order valence-corrected chi connectivity index (χ1v) is 34.4. The summed E-state index contributed by atoms with van der Waals surface area (Å²) in [5.74, 6) is -5.34. The molecule has 96 heavy (non-hydrogen) atoms. The summed E-state index contributed by atoms with van der Waals surface area (Å²) in [5, 5.41) is 35.8. The molecule has 4 saturated heterocycles. The number of likely N-dealkylation sites (tertiary alicyclic amines) is 2. The van der Waals surface area contributed by atoms with E-state index in [0.29, 0.717) is 50.9 Å². The molecule has 0 spiro atoms. The number of benzene rings is 3. The zero-order valence-corrected chi connectivity index (χ0v) is 57.6. The summed E-state index contributed by atoms with van der Waals surface area (Å²) >= 11 is 9.42. The number of carbonyl (C=O) groups excluding carboxylic acids is 4. The van der Waals surface area contributed by atoms with Crippen molar-refractivity contribution in [2.24, 2.45) is 16.7 Å². The summed E-state index contributed by atoms with van der Waals surface area (Å²) in [5.41, 5.74) is 0.564. The average molecular weight is 1380 g/mol. The number of nitriles is 1. The smallest absolute Gasteiger partial charge is 0.412 e. The largest absolute Gasteiger partial charge is 0.463 e. The Morgan fingerprint density at radius 2 is 1.61 bits per heavy atom. The highest BCUT2D eigenvalue weighted by Crippen LogP contribution is 2.61. The van der Waals surface area contributed by atoms with E-state index in [4.69, 9.17) is 30.8 Å². The number of anilines is 2. The Kier molecular flexibility index (Phi) is 18.4. The van der Waals surface area contributed by atoms with E-state index in [1.54, 1.807) is 74.2 Å². The minimum atomic E-state index is -3.14. The third kappa shape index (κ3) is 13.9. The predicted octanol–water partition coefficient (Wildman–Crippen LogP) is 12.5. The van der Waals surface area contributed by atoms with E-state index in [0.717, 1.165) is 39.1 Å². The highest BCUT2D eigenvalue weighted by atomic mass is 35.5. The minimum absolute atomic E-state index is 0.00913. The molecule has 7 aromatic rings. The SMILES string of the molecule is Cc1ncsc1-c1ccc(CNC(=O)[C@@H]2C[C@@H](O)CN2C(=O)[C@@H](n2cc(CC3CCN(C[C@@]4(COc5nc(N6CC7CCC(C6)N7C(=O)OC(C)(C)C)c6cc(Cl)c(-c7ccc(F)c8sc(NC(=O)OC(C)(C)C)c(C#N)c78)c(F)c6n5)CC4(F)F)CC3)nn2)C(C)(C)C)cc1. The summed E-state index contributed by atoms with van der Waals surface area (Å²) in [6.07, 6.45) is 2.15. The Balaban J connectivity index is 0.746. The van der Waals surface area contributed by atoms with E-state index in [1.807, 2.05) is 67.8 Å². The molecule has 0 radical (unpaired) electrons. The summed E-state index contributed by atoms with van der Waals surface area (Å²) in [6, 6.07) is 10.9. The number of piperidine rings is 1. The molecule has 6 atom stereocenters. The van der Waals surface area contributed by atoms with Crippen molar-refractivity contribution in [1.29, 1.82) is 5.26 Å². The molecule has 4 aromatic heterocycles. The van der Waals surface area contributed by atoms with E-state index >= 15 is 17.6 Å². The Morgan fingerprint density at radius 1 is 0.927 bits per heavy atom. The number of β-amino-alcohol motifs (C(OH)–C–C–N with tert-alkyl or cyclic N) is 1. The molecule has 8 heterocycles. The zero-order chi connectivity index (χ0) is 68.7. The van der Waals surface area contributed by atoms with Crippen LogP contribution in [0.4, 0.5) is 38.0 Å². The molecule has 2 unspecified atom stereocenters. The van der Waals surface area contributed by atoms with Crippen LogP contribution in [0.15, 0.2) is 54.2 Å². The fraction of sp³-hybridized carbons (Fsp3) is 0.529. The number of aliphatic hydroxyl groups is 1. The highest BCUT2D eigenvalue weighted by Gasteiger charge is 2.72. The molecule has 5 aliphatic rings. The van der Waals surface area contributed by atoms with Crippen molar-refractivity contribution in [3.05, 3.63) is 93.3 Å². The molecule has 12 rings (SSSR count). The molecule has 3 aromatic carbocycles. The van der Waals surface area contributed by atoms with Gasteiger partial charge >= 0.3 is 18.2 Å². The predicted molar refractivity (Wildman–Crippen MR) is 356 cm³/mol. The van der Waals surface area contributed by atoms with Gasteiger partial charge in [0.25, 0.3) is 5.92 Å². The quantitative estimate of drug-likeness (QED) is 0.0761. The fourth-order valence-corrected chi connectivity index (χ4v) is 16.1. The molecule has 1 aliphatic carbocycles. The number of nitrogens with one attached hydrogen (secondary N) is 2. The summed E-state index contributed by atoms with van der Waals surface area (Å²) in [4.78, 5) is 76.9. The van der Waals surface area contributed by atoms with E-state index < -0.39 is 89.0 Å². The lowest BCUT2D eigenvalue weighted by molar-refractivity contribution is -0.144. The standard InChI is InChI=1S/C68H78ClF4N13O8S2/c1-36-54(95-35-76-36)39-13-11-38(12-14-39)27-75-58(88)49-24-43(87)31-84(49)60(89)56(64(2,3)4)85-28-40(80-81-85)23-37-19-21-82(22-20-37)33-67(32-68(67,72)73)34-92-61-77-53-45(57(78-61)83-29-41-15-16-42(30-83)86(41)63(91)94-66(8,9)10)25-47(69)51(52(53)71)44-17-18-48(70)55-50(44)46(26-74)59(96-55)79-62(90)93-65(5,6)7/h11-14,17-18,25,28,35,37,41-43,49,56,87H,15-16,19-24,27,29-34H2,1-10H3,(H,75,88)(H,79,90)/t41?,42?,43-,49+,56-,67-/m1/s1. The van der Waals surface area contributed by atoms with Crippen LogP contribution in [0.5, 0.6) is 6.01 Å². The van der Waals surface area contributed by atoms with E-state index in [2.05, 4.69) is 30.9 Å². The lowest BCUT2D eigenvalue weighted by atomic mass is 9.85. The van der Waals surface area contributed by atoms with Crippen LogP contribution in [0, 0.1) is 46.6 Å². The number of nitrogens with zero attached hydrogens (tertiary/aromatic N) is 11. The number of aliphatic hydroxyl groups excluding tert-OH is 1. The molecular weight excluding hydrogens is 1300 g/mol. The van der Waals surface area contributed by atoms with Gasteiger partial charge in [-0.2, -0.15) is 15.2 Å². The molecule has 5 fully saturated rings. The van der Waals surface area contributed by atoms with Gasteiger partial charge in [0.2, 0.25) is 11.8 Å². The lowest BCUT2D eigenvalue weighted by Gasteiger charge is -2.42. The van der Waals surface area contributed by atoms with Crippen molar-refractivity contribution in [2.75, 3.05) is 56.1 Å². The third-order valence-corrected chi connectivity index (χ3v) is 21.0. The number of halogens is 5. The van der Waals surface area contributed by atoms with Gasteiger partial charge in [-0.15, -0.1) is 27.8 Å². The number of thiophene rings is 1. The number of piperazine rings is 1. The number of fused-ring (bicyclic) bond motifs is 4. The maximum atomic E-state index is 18.0. The molecule has 1 saturated carbocycles. The normalized spacial score (nSPS) is 21.8. The first-order valence-electron chi connectivity index (χ1n) is 32.3. The molecule has 3 N–H and O–H groups in total. The van der Waals surface area contributed by atoms with Crippen LogP contribution in [0.1, 0.15) is 129 Å². The molecule has 510 valence electrons. The zero-order valence-electron chi connectivity index (χ0n) is 55.2. The Labute approximate surface area is 566 Å². The van der Waals surface area contributed by atoms with Crippen LogP contribution in [0.25, 0.3) is 42.6 Å². The number of rotatable bonds is 16. The van der Waals surface area contributed by atoms with E-state index in [9.17, 15) is 29.5 Å². The van der Waals surface area contributed by atoms with Gasteiger partial charge in [0.1, 0.15) is 58.1 Å². The van der Waals surface area contributed by atoms with E-state index in [1.165, 1.54) is 17.0 Å². The topological polar surface area (TPSA) is 246 Å². The number of alkyl halides is 2. The second-order valence-corrected chi connectivity index (χ2v) is 31.5. The van der Waals surface area contributed by atoms with Gasteiger partial charge in [-0.05, 0) is 134 Å². The van der Waals surface area contributed by atoms with Crippen molar-refractivity contribution in [3.63, 3.8) is 0 Å². The van der Waals surface area contributed by atoms with Crippen LogP contribution in [0.2, 0.25) is 5.02 Å². The number of amides is 4. The van der Waals surface area contributed by atoms with Gasteiger partial charge < -0.3 is 39.3 Å². The third-order valence-electron chi connectivity index (χ3n) is 18.6. The minimum Gasteiger partial charge on any atom is -0.463 e. The number of thiazole rings is 1.